The minimum atomic E-state index is -1.01. The van der Waals surface area contributed by atoms with Crippen molar-refractivity contribution < 1.29 is 23.5 Å². The summed E-state index contributed by atoms with van der Waals surface area (Å²) in [5.41, 5.74) is -0.801. The predicted molar refractivity (Wildman–Crippen MR) is 85.2 cm³/mol. The third-order valence-corrected chi connectivity index (χ3v) is 3.74. The second-order valence-corrected chi connectivity index (χ2v) is 5.31. The molecule has 0 saturated heterocycles. The van der Waals surface area contributed by atoms with Crippen molar-refractivity contribution in [3.05, 3.63) is 77.4 Å². The lowest BCUT2D eigenvalue weighted by Gasteiger charge is -2.08. The number of aromatic hydroxyl groups is 1. The Kier molecular flexibility index (Phi) is 4.08. The van der Waals surface area contributed by atoms with E-state index in [0.29, 0.717) is 5.39 Å². The molecule has 3 rings (SSSR count). The fraction of sp³-hybridized carbons (Fsp3) is 0.0526. The van der Waals surface area contributed by atoms with Crippen molar-refractivity contribution in [2.45, 2.75) is 6.42 Å². The van der Waals surface area contributed by atoms with Gasteiger partial charge in [-0.3, -0.25) is 9.59 Å². The van der Waals surface area contributed by atoms with Crippen molar-refractivity contribution in [2.24, 2.45) is 0 Å². The number of halogens is 2. The molecule has 0 aliphatic carbocycles. The summed E-state index contributed by atoms with van der Waals surface area (Å²) in [7, 11) is 0. The quantitative estimate of drug-likeness (QED) is 0.575. The second kappa shape index (κ2) is 6.20. The first-order valence-corrected chi connectivity index (χ1v) is 7.20. The van der Waals surface area contributed by atoms with Crippen molar-refractivity contribution >= 4 is 22.3 Å². The van der Waals surface area contributed by atoms with Crippen LogP contribution in [0.25, 0.3) is 10.8 Å². The monoisotopic (exact) mass is 326 g/mol. The van der Waals surface area contributed by atoms with E-state index in [-0.39, 0.29) is 16.7 Å². The van der Waals surface area contributed by atoms with Gasteiger partial charge in [-0.25, -0.2) is 8.78 Å². The number of ketones is 2. The van der Waals surface area contributed by atoms with Gasteiger partial charge in [-0.05, 0) is 23.6 Å². The van der Waals surface area contributed by atoms with Gasteiger partial charge in [0, 0.05) is 5.39 Å². The number of Topliss-reactive ketones (excluding diaryl/α,β-unsaturated/α-hetero) is 2. The normalized spacial score (nSPS) is 10.8. The number of fused-ring (bicyclic) bond motifs is 1. The van der Waals surface area contributed by atoms with Crippen LogP contribution in [0, 0.1) is 11.6 Å². The molecule has 0 aliphatic rings. The molecule has 120 valence electrons. The molecule has 0 bridgehead atoms. The number of rotatable bonds is 4. The van der Waals surface area contributed by atoms with Crippen LogP contribution < -0.4 is 0 Å². The van der Waals surface area contributed by atoms with Gasteiger partial charge in [0.25, 0.3) is 0 Å². The number of hydrogen-bond donors (Lipinski definition) is 1. The van der Waals surface area contributed by atoms with Crippen LogP contribution in [0.15, 0.2) is 54.6 Å². The Hall–Kier alpha value is -3.08. The van der Waals surface area contributed by atoms with Crippen LogP contribution in [-0.2, 0) is 0 Å². The first-order valence-electron chi connectivity index (χ1n) is 7.20. The molecule has 0 atom stereocenters. The molecule has 0 spiro atoms. The summed E-state index contributed by atoms with van der Waals surface area (Å²) in [5.74, 6) is -3.95. The Balaban J connectivity index is 1.97. The average molecular weight is 326 g/mol. The summed E-state index contributed by atoms with van der Waals surface area (Å²) in [6.45, 7) is 0. The van der Waals surface area contributed by atoms with E-state index in [1.807, 2.05) is 0 Å². The largest absolute Gasteiger partial charge is 0.507 e. The van der Waals surface area contributed by atoms with Gasteiger partial charge in [-0.1, -0.05) is 36.4 Å². The molecule has 3 aromatic rings. The van der Waals surface area contributed by atoms with Gasteiger partial charge >= 0.3 is 0 Å². The van der Waals surface area contributed by atoms with E-state index >= 15 is 0 Å². The first-order chi connectivity index (χ1) is 11.5. The van der Waals surface area contributed by atoms with E-state index < -0.39 is 35.2 Å². The Morgan fingerprint density at radius 3 is 2.33 bits per heavy atom. The summed E-state index contributed by atoms with van der Waals surface area (Å²) in [4.78, 5) is 24.4. The Morgan fingerprint density at radius 1 is 0.917 bits per heavy atom. The predicted octanol–water partition coefficient (Wildman–Crippen LogP) is 4.28. The highest BCUT2D eigenvalue weighted by Crippen LogP contribution is 2.26. The maximum atomic E-state index is 14.5. The summed E-state index contributed by atoms with van der Waals surface area (Å²) >= 11 is 0. The van der Waals surface area contributed by atoms with E-state index in [2.05, 4.69) is 0 Å². The van der Waals surface area contributed by atoms with E-state index in [1.165, 1.54) is 36.4 Å². The van der Waals surface area contributed by atoms with Crippen LogP contribution in [0.3, 0.4) is 0 Å². The molecule has 1 N–H and O–H groups in total. The summed E-state index contributed by atoms with van der Waals surface area (Å²) in [6.07, 6.45) is -0.732. The van der Waals surface area contributed by atoms with Crippen molar-refractivity contribution in [1.29, 1.82) is 0 Å². The van der Waals surface area contributed by atoms with E-state index in [1.54, 1.807) is 12.1 Å². The maximum absolute atomic E-state index is 14.5. The van der Waals surface area contributed by atoms with Crippen molar-refractivity contribution in [1.82, 2.24) is 0 Å². The average Bonchev–Trinajstić information content (AvgIpc) is 2.55. The van der Waals surface area contributed by atoms with E-state index in [9.17, 15) is 23.5 Å². The number of phenols is 1. The van der Waals surface area contributed by atoms with E-state index in [0.717, 1.165) is 6.07 Å². The minimum absolute atomic E-state index is 0.0625. The van der Waals surface area contributed by atoms with Crippen LogP contribution in [0.5, 0.6) is 5.75 Å². The van der Waals surface area contributed by atoms with Crippen LogP contribution >= 0.6 is 0 Å². The van der Waals surface area contributed by atoms with Gasteiger partial charge in [0.2, 0.25) is 0 Å². The van der Waals surface area contributed by atoms with Crippen LogP contribution in [0.2, 0.25) is 0 Å². The maximum Gasteiger partial charge on any atom is 0.176 e. The Labute approximate surface area is 136 Å². The van der Waals surface area contributed by atoms with Gasteiger partial charge < -0.3 is 5.11 Å². The molecule has 0 saturated carbocycles. The summed E-state index contributed by atoms with van der Waals surface area (Å²) in [6, 6.07) is 12.9. The molecule has 0 aromatic heterocycles. The molecular formula is C19H12F2O3. The molecule has 3 aromatic carbocycles. The zero-order valence-corrected chi connectivity index (χ0v) is 12.4. The zero-order chi connectivity index (χ0) is 17.3. The lowest BCUT2D eigenvalue weighted by Crippen LogP contribution is -2.12. The fourth-order valence-corrected chi connectivity index (χ4v) is 2.57. The van der Waals surface area contributed by atoms with E-state index in [4.69, 9.17) is 0 Å². The lowest BCUT2D eigenvalue weighted by molar-refractivity contribution is 0.0889. The number of carbonyl (C=O) groups is 2. The van der Waals surface area contributed by atoms with Crippen LogP contribution in [0.1, 0.15) is 27.1 Å². The van der Waals surface area contributed by atoms with Gasteiger partial charge in [0.05, 0.1) is 17.5 Å². The fourth-order valence-electron chi connectivity index (χ4n) is 2.57. The first kappa shape index (κ1) is 15.8. The number of para-hydroxylation sites is 1. The highest BCUT2D eigenvalue weighted by atomic mass is 19.1. The van der Waals surface area contributed by atoms with Crippen molar-refractivity contribution in [3.8, 4) is 5.75 Å². The smallest absolute Gasteiger partial charge is 0.176 e. The minimum Gasteiger partial charge on any atom is -0.507 e. The molecule has 5 heteroatoms. The van der Waals surface area contributed by atoms with Crippen LogP contribution in [0.4, 0.5) is 8.78 Å². The third-order valence-electron chi connectivity index (χ3n) is 3.74. The summed E-state index contributed by atoms with van der Waals surface area (Å²) < 4.78 is 28.6. The molecular weight excluding hydrogens is 314 g/mol. The molecule has 0 heterocycles. The molecule has 0 unspecified atom stereocenters. The highest BCUT2D eigenvalue weighted by Gasteiger charge is 2.23. The third kappa shape index (κ3) is 2.76. The Bertz CT molecular complexity index is 964. The molecule has 0 aliphatic heterocycles. The van der Waals surface area contributed by atoms with Crippen LogP contribution in [-0.4, -0.2) is 16.7 Å². The Morgan fingerprint density at radius 2 is 1.58 bits per heavy atom. The van der Waals surface area contributed by atoms with Crippen molar-refractivity contribution in [3.63, 3.8) is 0 Å². The van der Waals surface area contributed by atoms with Gasteiger partial charge in [0.1, 0.15) is 17.4 Å². The molecule has 3 nitrogen and oxygen atoms in total. The molecule has 0 amide bonds. The number of carbonyl (C=O) groups excluding carboxylic acids is 2. The zero-order valence-electron chi connectivity index (χ0n) is 12.4. The summed E-state index contributed by atoms with van der Waals surface area (Å²) in [5, 5.41) is 10.1. The SMILES string of the molecule is O=C(CC(=O)c1c(F)cc2ccccc2c1F)c1ccccc1O. The standard InChI is InChI=1S/C19H12F2O3/c20-14-9-11-5-1-2-6-12(11)19(21)18(14)17(24)10-16(23)13-7-3-4-8-15(13)22/h1-9,22H,10H2. The second-order valence-electron chi connectivity index (χ2n) is 5.31. The number of benzene rings is 3. The molecule has 24 heavy (non-hydrogen) atoms. The van der Waals surface area contributed by atoms with Gasteiger partial charge in [0.15, 0.2) is 11.6 Å². The molecule has 0 radical (unpaired) electrons. The topological polar surface area (TPSA) is 54.4 Å². The van der Waals surface area contributed by atoms with Gasteiger partial charge in [-0.2, -0.15) is 0 Å². The number of phenolic OH excluding ortho intramolecular Hbond substituents is 1. The van der Waals surface area contributed by atoms with Crippen molar-refractivity contribution in [2.75, 3.05) is 0 Å². The highest BCUT2D eigenvalue weighted by molar-refractivity contribution is 6.15. The lowest BCUT2D eigenvalue weighted by atomic mass is 9.97. The number of hydrogen-bond acceptors (Lipinski definition) is 3. The van der Waals surface area contributed by atoms with Gasteiger partial charge in [-0.15, -0.1) is 0 Å². The molecule has 0 fully saturated rings.